The second-order valence-electron chi connectivity index (χ2n) is 7.54. The number of hydrogen-bond acceptors (Lipinski definition) is 5. The Morgan fingerprint density at radius 1 is 1.18 bits per heavy atom. The van der Waals surface area contributed by atoms with Gasteiger partial charge in [0.1, 0.15) is 0 Å². The largest absolute Gasteiger partial charge is 0.490 e. The molecule has 3 rings (SSSR count). The van der Waals surface area contributed by atoms with Crippen LogP contribution in [-0.4, -0.2) is 46.1 Å². The van der Waals surface area contributed by atoms with E-state index in [9.17, 15) is 22.8 Å². The molecule has 1 aliphatic heterocycles. The normalized spacial score (nSPS) is 14.8. The molecule has 1 aromatic carbocycles. The minimum absolute atomic E-state index is 0.0136. The molecule has 2 heterocycles. The van der Waals surface area contributed by atoms with Gasteiger partial charge in [-0.25, -0.2) is 4.79 Å². The summed E-state index contributed by atoms with van der Waals surface area (Å²) in [6, 6.07) is 11.5. The molecule has 1 aromatic heterocycles. The zero-order chi connectivity index (χ0) is 25.3. The van der Waals surface area contributed by atoms with E-state index in [2.05, 4.69) is 17.4 Å². The van der Waals surface area contributed by atoms with E-state index in [0.29, 0.717) is 19.5 Å². The highest BCUT2D eigenvalue weighted by Gasteiger charge is 2.38. The van der Waals surface area contributed by atoms with Gasteiger partial charge in [0.25, 0.3) is 0 Å². The Morgan fingerprint density at radius 2 is 1.76 bits per heavy atom. The fourth-order valence-electron chi connectivity index (χ4n) is 3.23. The lowest BCUT2D eigenvalue weighted by Gasteiger charge is -2.20. The van der Waals surface area contributed by atoms with Crippen molar-refractivity contribution in [2.75, 3.05) is 0 Å². The number of thiophene rings is 1. The van der Waals surface area contributed by atoms with Crippen molar-refractivity contribution < 1.29 is 32.7 Å². The fraction of sp³-hybridized carbons (Fsp3) is 0.348. The number of nitrogens with one attached hydrogen (secondary N) is 1. The van der Waals surface area contributed by atoms with Gasteiger partial charge in [-0.3, -0.25) is 14.9 Å². The molecule has 11 heteroatoms. The molecular weight excluding hydrogens is 471 g/mol. The van der Waals surface area contributed by atoms with Crippen molar-refractivity contribution in [3.8, 4) is 0 Å². The third-order valence-electron chi connectivity index (χ3n) is 5.05. The maximum absolute atomic E-state index is 12.5. The molecule has 184 valence electrons. The average Bonchev–Trinajstić information content (AvgIpc) is 3.44. The van der Waals surface area contributed by atoms with E-state index in [1.54, 1.807) is 17.4 Å². The standard InChI is InChI=1S/C21H25N3O2S.C2HF3O2/c1-2-17(23-19(21(22)26)12-18-8-5-11-27-18)9-10-20(25)24-13-15-6-3-4-7-16(15)14-24;3-2(4,5)1(6)7/h3-11,17,19,23H,2,12-14H2,1H3,(H2,22,26);(H,6,7)/b10-9+;/t17-,19-;/m0./s1. The van der Waals surface area contributed by atoms with Gasteiger partial charge >= 0.3 is 12.1 Å². The number of aliphatic carboxylic acids is 1. The van der Waals surface area contributed by atoms with E-state index in [1.807, 2.05) is 47.5 Å². The van der Waals surface area contributed by atoms with E-state index < -0.39 is 18.2 Å². The van der Waals surface area contributed by atoms with Gasteiger partial charge in [-0.15, -0.1) is 11.3 Å². The summed E-state index contributed by atoms with van der Waals surface area (Å²) in [6.07, 6.45) is -0.309. The van der Waals surface area contributed by atoms with Crippen LogP contribution >= 0.6 is 11.3 Å². The number of fused-ring (bicyclic) bond motifs is 1. The highest BCUT2D eigenvalue weighted by atomic mass is 32.1. The Kier molecular flexibility index (Phi) is 9.82. The molecule has 34 heavy (non-hydrogen) atoms. The molecule has 0 unspecified atom stereocenters. The molecule has 0 saturated carbocycles. The maximum Gasteiger partial charge on any atom is 0.490 e. The molecule has 0 aliphatic carbocycles. The number of carboxylic acids is 1. The predicted octanol–water partition coefficient (Wildman–Crippen LogP) is 3.24. The van der Waals surface area contributed by atoms with Crippen molar-refractivity contribution in [2.24, 2.45) is 5.73 Å². The highest BCUT2D eigenvalue weighted by Crippen LogP contribution is 2.22. The Bertz CT molecular complexity index is 984. The van der Waals surface area contributed by atoms with Crippen LogP contribution < -0.4 is 11.1 Å². The first kappa shape index (κ1) is 27.1. The number of carbonyl (C=O) groups is 3. The van der Waals surface area contributed by atoms with Gasteiger partial charge in [0.2, 0.25) is 11.8 Å². The first-order valence-corrected chi connectivity index (χ1v) is 11.3. The molecule has 0 fully saturated rings. The van der Waals surface area contributed by atoms with Gasteiger partial charge in [0.15, 0.2) is 0 Å². The van der Waals surface area contributed by atoms with Crippen molar-refractivity contribution in [1.29, 1.82) is 0 Å². The molecule has 0 bridgehead atoms. The first-order valence-electron chi connectivity index (χ1n) is 10.4. The van der Waals surface area contributed by atoms with Crippen LogP contribution in [0.4, 0.5) is 13.2 Å². The van der Waals surface area contributed by atoms with Crippen LogP contribution in [0.2, 0.25) is 0 Å². The molecule has 2 atom stereocenters. The molecule has 1 aliphatic rings. The predicted molar refractivity (Wildman–Crippen MR) is 122 cm³/mol. The van der Waals surface area contributed by atoms with Crippen LogP contribution in [0.15, 0.2) is 53.9 Å². The van der Waals surface area contributed by atoms with Gasteiger partial charge in [0.05, 0.1) is 6.04 Å². The van der Waals surface area contributed by atoms with Crippen LogP contribution in [0.5, 0.6) is 0 Å². The second-order valence-corrected chi connectivity index (χ2v) is 8.58. The van der Waals surface area contributed by atoms with Crippen molar-refractivity contribution in [3.05, 3.63) is 69.9 Å². The molecular formula is C23H26F3N3O4S. The monoisotopic (exact) mass is 497 g/mol. The van der Waals surface area contributed by atoms with Gasteiger partial charge in [0, 0.05) is 36.5 Å². The van der Waals surface area contributed by atoms with Crippen LogP contribution in [0.25, 0.3) is 0 Å². The molecule has 2 aromatic rings. The van der Waals surface area contributed by atoms with Gasteiger partial charge in [-0.1, -0.05) is 43.3 Å². The number of carboxylic acid groups (broad SMARTS) is 1. The topological polar surface area (TPSA) is 113 Å². The summed E-state index contributed by atoms with van der Waals surface area (Å²) in [7, 11) is 0. The quantitative estimate of drug-likeness (QED) is 0.485. The summed E-state index contributed by atoms with van der Waals surface area (Å²) >= 11 is 1.61. The molecule has 0 saturated heterocycles. The van der Waals surface area contributed by atoms with E-state index in [-0.39, 0.29) is 17.9 Å². The number of carbonyl (C=O) groups excluding carboxylic acids is 2. The number of nitrogens with two attached hydrogens (primary N) is 1. The number of benzene rings is 1. The SMILES string of the molecule is CC[C@@H](/C=C/C(=O)N1Cc2ccccc2C1)N[C@@H](Cc1cccs1)C(N)=O.O=C(O)C(F)(F)F. The minimum Gasteiger partial charge on any atom is -0.475 e. The Balaban J connectivity index is 0.000000509. The summed E-state index contributed by atoms with van der Waals surface area (Å²) in [6.45, 7) is 3.30. The number of nitrogens with zero attached hydrogens (tertiary/aromatic N) is 1. The van der Waals surface area contributed by atoms with Gasteiger partial charge in [-0.2, -0.15) is 13.2 Å². The number of rotatable bonds is 8. The van der Waals surface area contributed by atoms with Gasteiger partial charge < -0.3 is 15.7 Å². The number of amides is 2. The van der Waals surface area contributed by atoms with Crippen LogP contribution in [0.3, 0.4) is 0 Å². The van der Waals surface area contributed by atoms with Crippen molar-refractivity contribution in [1.82, 2.24) is 10.2 Å². The molecule has 0 spiro atoms. The Hall–Kier alpha value is -3.18. The lowest BCUT2D eigenvalue weighted by atomic mass is 10.1. The lowest BCUT2D eigenvalue weighted by Crippen LogP contribution is -2.47. The second kappa shape index (κ2) is 12.3. The Morgan fingerprint density at radius 3 is 2.21 bits per heavy atom. The average molecular weight is 498 g/mol. The first-order chi connectivity index (χ1) is 16.0. The smallest absolute Gasteiger partial charge is 0.475 e. The van der Waals surface area contributed by atoms with E-state index in [4.69, 9.17) is 15.6 Å². The molecule has 0 radical (unpaired) electrons. The zero-order valence-corrected chi connectivity index (χ0v) is 19.2. The van der Waals surface area contributed by atoms with Crippen molar-refractivity contribution >= 4 is 29.1 Å². The zero-order valence-electron chi connectivity index (χ0n) is 18.4. The third kappa shape index (κ3) is 8.31. The summed E-state index contributed by atoms with van der Waals surface area (Å²) in [5.74, 6) is -3.15. The third-order valence-corrected chi connectivity index (χ3v) is 5.95. The van der Waals surface area contributed by atoms with E-state index in [0.717, 1.165) is 11.3 Å². The summed E-state index contributed by atoms with van der Waals surface area (Å²) in [5.41, 5.74) is 7.97. The molecule has 7 nitrogen and oxygen atoms in total. The van der Waals surface area contributed by atoms with Crippen molar-refractivity contribution in [2.45, 2.75) is 51.1 Å². The van der Waals surface area contributed by atoms with E-state index >= 15 is 0 Å². The van der Waals surface area contributed by atoms with Crippen molar-refractivity contribution in [3.63, 3.8) is 0 Å². The number of alkyl halides is 3. The number of halogens is 3. The lowest BCUT2D eigenvalue weighted by molar-refractivity contribution is -0.192. The van der Waals surface area contributed by atoms with E-state index in [1.165, 1.54) is 11.1 Å². The number of hydrogen-bond donors (Lipinski definition) is 3. The van der Waals surface area contributed by atoms with Gasteiger partial charge in [-0.05, 0) is 29.0 Å². The molecule has 4 N–H and O–H groups in total. The highest BCUT2D eigenvalue weighted by molar-refractivity contribution is 7.09. The maximum atomic E-state index is 12.5. The Labute approximate surface area is 199 Å². The van der Waals surface area contributed by atoms with Crippen LogP contribution in [0, 0.1) is 0 Å². The summed E-state index contributed by atoms with van der Waals surface area (Å²) < 4.78 is 31.7. The fourth-order valence-corrected chi connectivity index (χ4v) is 3.98. The minimum atomic E-state index is -5.08. The number of primary amides is 1. The van der Waals surface area contributed by atoms with Crippen LogP contribution in [-0.2, 0) is 33.9 Å². The molecule has 2 amide bonds. The summed E-state index contributed by atoms with van der Waals surface area (Å²) in [4.78, 5) is 36.2. The summed E-state index contributed by atoms with van der Waals surface area (Å²) in [5, 5.41) is 12.4. The van der Waals surface area contributed by atoms with Crippen LogP contribution in [0.1, 0.15) is 29.3 Å².